The minimum absolute atomic E-state index is 0.0666. The monoisotopic (exact) mass is 256 g/mol. The van der Waals surface area contributed by atoms with Crippen molar-refractivity contribution < 1.29 is 14.6 Å². The quantitative estimate of drug-likeness (QED) is 0.734. The molecule has 0 aromatic rings. The smallest absolute Gasteiger partial charge is 0.225 e. The molecule has 1 saturated heterocycles. The van der Waals surface area contributed by atoms with Crippen LogP contribution in [0.2, 0.25) is 0 Å². The summed E-state index contributed by atoms with van der Waals surface area (Å²) in [6.07, 6.45) is 4.21. The Morgan fingerprint density at radius 1 is 1.44 bits per heavy atom. The fraction of sp³-hybridized carbons (Fsp3) is 0.923. The van der Waals surface area contributed by atoms with E-state index in [1.54, 1.807) is 19.1 Å². The van der Waals surface area contributed by atoms with Crippen molar-refractivity contribution in [2.45, 2.75) is 43.3 Å². The normalized spacial score (nSPS) is 29.9. The molecule has 2 N–H and O–H groups in total. The van der Waals surface area contributed by atoms with Crippen LogP contribution in [0, 0.1) is 0 Å². The lowest BCUT2D eigenvalue weighted by atomic mass is 9.77. The summed E-state index contributed by atoms with van der Waals surface area (Å²) in [5.74, 6) is 0.0666. The molecule has 1 aliphatic carbocycles. The van der Waals surface area contributed by atoms with Gasteiger partial charge in [-0.25, -0.2) is 0 Å². The topological polar surface area (TPSA) is 61.8 Å². The number of β-amino-alcohol motifs (C(OH)–C–C–N with tert-alkyl or cyclic N) is 1. The predicted molar refractivity (Wildman–Crippen MR) is 68.3 cm³/mol. The van der Waals surface area contributed by atoms with Crippen LogP contribution in [0.1, 0.15) is 32.1 Å². The van der Waals surface area contributed by atoms with Crippen LogP contribution in [-0.4, -0.2) is 60.9 Å². The first-order valence-corrected chi connectivity index (χ1v) is 6.71. The van der Waals surface area contributed by atoms with E-state index in [0.29, 0.717) is 25.9 Å². The maximum absolute atomic E-state index is 12.2. The predicted octanol–water partition coefficient (Wildman–Crippen LogP) is 0.128. The molecule has 2 aliphatic rings. The second-order valence-corrected chi connectivity index (χ2v) is 5.82. The van der Waals surface area contributed by atoms with Crippen LogP contribution in [0.5, 0.6) is 0 Å². The van der Waals surface area contributed by atoms with E-state index in [4.69, 9.17) is 4.74 Å². The third-order valence-electron chi connectivity index (χ3n) is 4.35. The van der Waals surface area contributed by atoms with Crippen LogP contribution in [0.15, 0.2) is 0 Å². The third kappa shape index (κ3) is 2.84. The SMILES string of the molecule is COC1(CC(=O)N(C)CC2(O)CCNC2)CCC1. The summed E-state index contributed by atoms with van der Waals surface area (Å²) in [5.41, 5.74) is -0.994. The van der Waals surface area contributed by atoms with Crippen LogP contribution in [-0.2, 0) is 9.53 Å². The highest BCUT2D eigenvalue weighted by molar-refractivity contribution is 5.77. The molecule has 2 fully saturated rings. The number of hydrogen-bond acceptors (Lipinski definition) is 4. The zero-order valence-electron chi connectivity index (χ0n) is 11.4. The van der Waals surface area contributed by atoms with Crippen molar-refractivity contribution in [3.05, 3.63) is 0 Å². The van der Waals surface area contributed by atoms with Gasteiger partial charge in [0.2, 0.25) is 5.91 Å². The Bertz CT molecular complexity index is 304. The molecular formula is C13H24N2O3. The lowest BCUT2D eigenvalue weighted by Gasteiger charge is -2.41. The van der Waals surface area contributed by atoms with Crippen LogP contribution in [0.4, 0.5) is 0 Å². The standard InChI is InChI=1S/C13H24N2O3/c1-15(10-12(17)6-7-14-9-12)11(16)8-13(18-2)4-3-5-13/h14,17H,3-10H2,1-2H3. The molecule has 1 unspecified atom stereocenters. The van der Waals surface area contributed by atoms with Crippen molar-refractivity contribution in [3.63, 3.8) is 0 Å². The number of amides is 1. The van der Waals surface area contributed by atoms with E-state index < -0.39 is 5.60 Å². The van der Waals surface area contributed by atoms with E-state index in [9.17, 15) is 9.90 Å². The van der Waals surface area contributed by atoms with Crippen molar-refractivity contribution in [1.29, 1.82) is 0 Å². The van der Waals surface area contributed by atoms with E-state index in [-0.39, 0.29) is 11.5 Å². The summed E-state index contributed by atoms with van der Waals surface area (Å²) in [7, 11) is 3.45. The minimum Gasteiger partial charge on any atom is -0.387 e. The molecule has 0 bridgehead atoms. The zero-order valence-corrected chi connectivity index (χ0v) is 11.4. The van der Waals surface area contributed by atoms with E-state index >= 15 is 0 Å². The lowest BCUT2D eigenvalue weighted by Crippen LogP contribution is -2.49. The van der Waals surface area contributed by atoms with Crippen molar-refractivity contribution >= 4 is 5.91 Å². The van der Waals surface area contributed by atoms with Crippen molar-refractivity contribution in [1.82, 2.24) is 10.2 Å². The van der Waals surface area contributed by atoms with Gasteiger partial charge in [0.05, 0.1) is 24.2 Å². The van der Waals surface area contributed by atoms with Crippen LogP contribution in [0.25, 0.3) is 0 Å². The van der Waals surface area contributed by atoms with E-state index in [2.05, 4.69) is 5.32 Å². The van der Waals surface area contributed by atoms with Gasteiger partial charge in [-0.15, -0.1) is 0 Å². The van der Waals surface area contributed by atoms with Gasteiger partial charge >= 0.3 is 0 Å². The van der Waals surface area contributed by atoms with Gasteiger partial charge in [0.15, 0.2) is 0 Å². The molecule has 1 atom stereocenters. The third-order valence-corrected chi connectivity index (χ3v) is 4.35. The number of hydrogen-bond donors (Lipinski definition) is 2. The molecule has 0 aromatic heterocycles. The molecule has 0 spiro atoms. The molecule has 18 heavy (non-hydrogen) atoms. The van der Waals surface area contributed by atoms with E-state index in [0.717, 1.165) is 25.8 Å². The van der Waals surface area contributed by atoms with Gasteiger partial charge in [-0.1, -0.05) is 0 Å². The summed E-state index contributed by atoms with van der Waals surface area (Å²) < 4.78 is 5.47. The average molecular weight is 256 g/mol. The van der Waals surface area contributed by atoms with Crippen LogP contribution >= 0.6 is 0 Å². The number of carbonyl (C=O) groups excluding carboxylic acids is 1. The highest BCUT2D eigenvalue weighted by Gasteiger charge is 2.41. The molecule has 2 rings (SSSR count). The number of rotatable bonds is 5. The van der Waals surface area contributed by atoms with Crippen LogP contribution < -0.4 is 5.32 Å². The molecule has 1 heterocycles. The highest BCUT2D eigenvalue weighted by atomic mass is 16.5. The number of ether oxygens (including phenoxy) is 1. The van der Waals surface area contributed by atoms with Gasteiger partial charge < -0.3 is 20.1 Å². The molecule has 0 aromatic carbocycles. The highest BCUT2D eigenvalue weighted by Crippen LogP contribution is 2.38. The Labute approximate surface area is 108 Å². The first-order valence-electron chi connectivity index (χ1n) is 6.71. The van der Waals surface area contributed by atoms with Gasteiger partial charge in [0.1, 0.15) is 0 Å². The second-order valence-electron chi connectivity index (χ2n) is 5.82. The van der Waals surface area contributed by atoms with Gasteiger partial charge in [0, 0.05) is 20.7 Å². The first kappa shape index (κ1) is 13.8. The summed E-state index contributed by atoms with van der Waals surface area (Å²) in [5, 5.41) is 13.4. The van der Waals surface area contributed by atoms with Crippen molar-refractivity contribution in [3.8, 4) is 0 Å². The summed E-state index contributed by atoms with van der Waals surface area (Å²) in [4.78, 5) is 13.8. The maximum Gasteiger partial charge on any atom is 0.225 e. The Morgan fingerprint density at radius 2 is 2.17 bits per heavy atom. The molecule has 5 nitrogen and oxygen atoms in total. The van der Waals surface area contributed by atoms with E-state index in [1.807, 2.05) is 0 Å². The molecule has 5 heteroatoms. The second kappa shape index (κ2) is 5.15. The van der Waals surface area contributed by atoms with Crippen LogP contribution in [0.3, 0.4) is 0 Å². The molecular weight excluding hydrogens is 232 g/mol. The largest absolute Gasteiger partial charge is 0.387 e. The number of methoxy groups -OCH3 is 1. The summed E-state index contributed by atoms with van der Waals surface area (Å²) >= 11 is 0. The molecule has 1 saturated carbocycles. The fourth-order valence-corrected chi connectivity index (χ4v) is 2.83. The Kier molecular flexibility index (Phi) is 3.94. The first-order chi connectivity index (χ1) is 8.49. The summed E-state index contributed by atoms with van der Waals surface area (Å²) in [6.45, 7) is 1.79. The molecule has 1 amide bonds. The average Bonchev–Trinajstić information content (AvgIpc) is 2.69. The molecule has 104 valence electrons. The van der Waals surface area contributed by atoms with Crippen molar-refractivity contribution in [2.24, 2.45) is 0 Å². The fourth-order valence-electron chi connectivity index (χ4n) is 2.83. The molecule has 0 radical (unpaired) electrons. The maximum atomic E-state index is 12.2. The molecule has 1 aliphatic heterocycles. The van der Waals surface area contributed by atoms with Gasteiger partial charge in [-0.05, 0) is 32.2 Å². The van der Waals surface area contributed by atoms with E-state index in [1.165, 1.54) is 0 Å². The summed E-state index contributed by atoms with van der Waals surface area (Å²) in [6, 6.07) is 0. The number of nitrogens with one attached hydrogen (secondary N) is 1. The number of nitrogens with zero attached hydrogens (tertiary/aromatic N) is 1. The lowest BCUT2D eigenvalue weighted by molar-refractivity contribution is -0.145. The number of likely N-dealkylation sites (N-methyl/N-ethyl adjacent to an activating group) is 1. The van der Waals surface area contributed by atoms with Crippen molar-refractivity contribution in [2.75, 3.05) is 33.8 Å². The Balaban J connectivity index is 1.84. The zero-order chi connectivity index (χ0) is 13.2. The van der Waals surface area contributed by atoms with Gasteiger partial charge in [-0.3, -0.25) is 4.79 Å². The van der Waals surface area contributed by atoms with Gasteiger partial charge in [0.25, 0.3) is 0 Å². The number of carbonyl (C=O) groups is 1. The number of aliphatic hydroxyl groups is 1. The minimum atomic E-state index is -0.760. The Hall–Kier alpha value is -0.650. The Morgan fingerprint density at radius 3 is 2.61 bits per heavy atom. The van der Waals surface area contributed by atoms with Gasteiger partial charge in [-0.2, -0.15) is 0 Å².